The molecular formula is C10H6FNO3. The molecule has 1 aromatic carbocycles. The lowest BCUT2D eigenvalue weighted by Crippen LogP contribution is -1.90. The van der Waals surface area contributed by atoms with Gasteiger partial charge < -0.3 is 4.42 Å². The molecule has 0 aliphatic heterocycles. The first kappa shape index (κ1) is 9.39. The molecule has 0 spiro atoms. The predicted molar refractivity (Wildman–Crippen MR) is 50.8 cm³/mol. The maximum atomic E-state index is 13.4. The Morgan fingerprint density at radius 1 is 1.33 bits per heavy atom. The fourth-order valence-electron chi connectivity index (χ4n) is 1.25. The third-order valence-corrected chi connectivity index (χ3v) is 1.95. The molecule has 2 aromatic rings. The standard InChI is InChI=1S/C10H6FNO3/c11-9-6-7(12(13)14)3-4-8(9)10-2-1-5-15-10/h1-6H. The summed E-state index contributed by atoms with van der Waals surface area (Å²) in [6.07, 6.45) is 1.41. The predicted octanol–water partition coefficient (Wildman–Crippen LogP) is 2.99. The average molecular weight is 207 g/mol. The Labute approximate surface area is 84.1 Å². The number of benzene rings is 1. The Kier molecular flexibility index (Phi) is 2.21. The van der Waals surface area contributed by atoms with Gasteiger partial charge in [0.1, 0.15) is 11.6 Å². The van der Waals surface area contributed by atoms with E-state index in [1.807, 2.05) is 0 Å². The van der Waals surface area contributed by atoms with Crippen LogP contribution in [0.25, 0.3) is 11.3 Å². The fraction of sp³-hybridized carbons (Fsp3) is 0. The van der Waals surface area contributed by atoms with Gasteiger partial charge >= 0.3 is 0 Å². The molecule has 1 heterocycles. The molecule has 0 saturated carbocycles. The van der Waals surface area contributed by atoms with Crippen LogP contribution in [-0.2, 0) is 0 Å². The van der Waals surface area contributed by atoms with E-state index in [1.165, 1.54) is 18.4 Å². The minimum Gasteiger partial charge on any atom is -0.464 e. The van der Waals surface area contributed by atoms with Crippen LogP contribution in [0.3, 0.4) is 0 Å². The summed E-state index contributed by atoms with van der Waals surface area (Å²) in [7, 11) is 0. The zero-order chi connectivity index (χ0) is 10.8. The first-order chi connectivity index (χ1) is 7.18. The number of furan rings is 1. The molecule has 0 fully saturated rings. The quantitative estimate of drug-likeness (QED) is 0.561. The minimum absolute atomic E-state index is 0.214. The van der Waals surface area contributed by atoms with Gasteiger partial charge in [0.2, 0.25) is 0 Å². The van der Waals surface area contributed by atoms with E-state index in [9.17, 15) is 14.5 Å². The van der Waals surface area contributed by atoms with Gasteiger partial charge in [0.25, 0.3) is 5.69 Å². The zero-order valence-corrected chi connectivity index (χ0v) is 7.51. The fourth-order valence-corrected chi connectivity index (χ4v) is 1.25. The third kappa shape index (κ3) is 1.71. The number of rotatable bonds is 2. The maximum Gasteiger partial charge on any atom is 0.272 e. The summed E-state index contributed by atoms with van der Waals surface area (Å²) >= 11 is 0. The zero-order valence-electron chi connectivity index (χ0n) is 7.51. The SMILES string of the molecule is O=[N+]([O-])c1ccc(-c2ccco2)c(F)c1. The van der Waals surface area contributed by atoms with Crippen molar-refractivity contribution in [1.29, 1.82) is 0 Å². The Hall–Kier alpha value is -2.17. The number of hydrogen-bond donors (Lipinski definition) is 0. The Balaban J connectivity index is 2.48. The van der Waals surface area contributed by atoms with Crippen molar-refractivity contribution in [3.63, 3.8) is 0 Å². The molecule has 0 atom stereocenters. The highest BCUT2D eigenvalue weighted by Crippen LogP contribution is 2.26. The molecular weight excluding hydrogens is 201 g/mol. The van der Waals surface area contributed by atoms with E-state index < -0.39 is 10.7 Å². The van der Waals surface area contributed by atoms with Gasteiger partial charge in [0, 0.05) is 6.07 Å². The first-order valence-electron chi connectivity index (χ1n) is 4.16. The number of halogens is 1. The van der Waals surface area contributed by atoms with Crippen LogP contribution >= 0.6 is 0 Å². The van der Waals surface area contributed by atoms with Crippen LogP contribution in [0, 0.1) is 15.9 Å². The smallest absolute Gasteiger partial charge is 0.272 e. The number of nitro benzene ring substituents is 1. The van der Waals surface area contributed by atoms with Gasteiger partial charge in [-0.05, 0) is 18.2 Å². The van der Waals surface area contributed by atoms with Gasteiger partial charge in [-0.25, -0.2) is 4.39 Å². The van der Waals surface area contributed by atoms with E-state index >= 15 is 0 Å². The second-order valence-electron chi connectivity index (χ2n) is 2.90. The van der Waals surface area contributed by atoms with Crippen LogP contribution in [0.15, 0.2) is 41.0 Å². The van der Waals surface area contributed by atoms with Crippen LogP contribution < -0.4 is 0 Å². The van der Waals surface area contributed by atoms with Crippen molar-refractivity contribution in [2.45, 2.75) is 0 Å². The second-order valence-corrected chi connectivity index (χ2v) is 2.90. The number of non-ortho nitro benzene ring substituents is 1. The highest BCUT2D eigenvalue weighted by Gasteiger charge is 2.13. The van der Waals surface area contributed by atoms with Crippen molar-refractivity contribution in [3.8, 4) is 11.3 Å². The molecule has 5 heteroatoms. The molecule has 0 N–H and O–H groups in total. The van der Waals surface area contributed by atoms with Crippen molar-refractivity contribution in [2.24, 2.45) is 0 Å². The first-order valence-corrected chi connectivity index (χ1v) is 4.16. The highest BCUT2D eigenvalue weighted by atomic mass is 19.1. The largest absolute Gasteiger partial charge is 0.464 e. The average Bonchev–Trinajstić information content (AvgIpc) is 2.70. The molecule has 0 radical (unpaired) electrons. The van der Waals surface area contributed by atoms with E-state index in [-0.39, 0.29) is 11.3 Å². The van der Waals surface area contributed by atoms with E-state index in [1.54, 1.807) is 12.1 Å². The summed E-state index contributed by atoms with van der Waals surface area (Å²) in [6.45, 7) is 0. The van der Waals surface area contributed by atoms with Crippen LogP contribution in [-0.4, -0.2) is 4.92 Å². The Bertz CT molecular complexity index is 493. The van der Waals surface area contributed by atoms with E-state index in [0.717, 1.165) is 6.07 Å². The minimum atomic E-state index is -0.667. The molecule has 0 bridgehead atoms. The van der Waals surface area contributed by atoms with Gasteiger partial charge in [-0.3, -0.25) is 10.1 Å². The van der Waals surface area contributed by atoms with Gasteiger partial charge in [0.05, 0.1) is 22.8 Å². The summed E-state index contributed by atoms with van der Waals surface area (Å²) < 4.78 is 18.4. The summed E-state index contributed by atoms with van der Waals surface area (Å²) in [5.41, 5.74) is -0.0617. The van der Waals surface area contributed by atoms with Gasteiger partial charge in [-0.2, -0.15) is 0 Å². The molecule has 15 heavy (non-hydrogen) atoms. The summed E-state index contributed by atoms with van der Waals surface area (Å²) in [5.74, 6) is -0.318. The van der Waals surface area contributed by atoms with Crippen molar-refractivity contribution in [2.75, 3.05) is 0 Å². The maximum absolute atomic E-state index is 13.4. The third-order valence-electron chi connectivity index (χ3n) is 1.95. The Morgan fingerprint density at radius 2 is 2.13 bits per heavy atom. The molecule has 0 saturated heterocycles. The Morgan fingerprint density at radius 3 is 2.67 bits per heavy atom. The molecule has 76 valence electrons. The van der Waals surface area contributed by atoms with Gasteiger partial charge in [-0.1, -0.05) is 0 Å². The monoisotopic (exact) mass is 207 g/mol. The lowest BCUT2D eigenvalue weighted by atomic mass is 10.1. The summed E-state index contributed by atoms with van der Waals surface area (Å²) in [4.78, 5) is 9.72. The van der Waals surface area contributed by atoms with Crippen LogP contribution in [0.5, 0.6) is 0 Å². The van der Waals surface area contributed by atoms with Crippen LogP contribution in [0.4, 0.5) is 10.1 Å². The lowest BCUT2D eigenvalue weighted by molar-refractivity contribution is -0.385. The second kappa shape index (κ2) is 3.53. The molecule has 1 aromatic heterocycles. The summed E-state index contributed by atoms with van der Waals surface area (Å²) in [6, 6.07) is 6.64. The van der Waals surface area contributed by atoms with Crippen molar-refractivity contribution in [1.82, 2.24) is 0 Å². The van der Waals surface area contributed by atoms with Crippen LogP contribution in [0.1, 0.15) is 0 Å². The number of nitrogens with zero attached hydrogens (tertiary/aromatic N) is 1. The molecule has 0 aliphatic carbocycles. The molecule has 0 unspecified atom stereocenters. The van der Waals surface area contributed by atoms with Gasteiger partial charge in [-0.15, -0.1) is 0 Å². The molecule has 0 amide bonds. The lowest BCUT2D eigenvalue weighted by Gasteiger charge is -1.98. The molecule has 0 aliphatic rings. The van der Waals surface area contributed by atoms with E-state index in [2.05, 4.69) is 0 Å². The van der Waals surface area contributed by atoms with Crippen molar-refractivity contribution >= 4 is 5.69 Å². The number of hydrogen-bond acceptors (Lipinski definition) is 3. The van der Waals surface area contributed by atoms with Gasteiger partial charge in [0.15, 0.2) is 0 Å². The highest BCUT2D eigenvalue weighted by molar-refractivity contribution is 5.60. The molecule has 4 nitrogen and oxygen atoms in total. The normalized spacial score (nSPS) is 10.2. The van der Waals surface area contributed by atoms with Crippen molar-refractivity contribution < 1.29 is 13.7 Å². The van der Waals surface area contributed by atoms with Crippen LogP contribution in [0.2, 0.25) is 0 Å². The van der Waals surface area contributed by atoms with E-state index in [4.69, 9.17) is 4.42 Å². The molecule has 2 rings (SSSR count). The van der Waals surface area contributed by atoms with Crippen molar-refractivity contribution in [3.05, 3.63) is 52.5 Å². The van der Waals surface area contributed by atoms with E-state index in [0.29, 0.717) is 5.76 Å². The topological polar surface area (TPSA) is 56.3 Å². The summed E-state index contributed by atoms with van der Waals surface area (Å²) in [5, 5.41) is 10.4. The number of nitro groups is 1.